The molecule has 0 radical (unpaired) electrons. The zero-order valence-electron chi connectivity index (χ0n) is 10.5. The maximum Gasteiger partial charge on any atom is 0.328 e. The molecule has 0 atom stereocenters. The van der Waals surface area contributed by atoms with Crippen LogP contribution in [0.3, 0.4) is 0 Å². The summed E-state index contributed by atoms with van der Waals surface area (Å²) in [6, 6.07) is 9.41. The van der Waals surface area contributed by atoms with Crippen LogP contribution in [0.2, 0.25) is 0 Å². The van der Waals surface area contributed by atoms with E-state index in [4.69, 9.17) is 22.1 Å². The molecule has 98 valence electrons. The number of carbonyl (C=O) groups is 1. The van der Waals surface area contributed by atoms with Gasteiger partial charge in [0.15, 0.2) is 0 Å². The lowest BCUT2D eigenvalue weighted by Crippen LogP contribution is -2.49. The van der Waals surface area contributed by atoms with Crippen LogP contribution in [-0.4, -0.2) is 28.2 Å². The van der Waals surface area contributed by atoms with E-state index in [9.17, 15) is 4.79 Å². The molecule has 0 saturated carbocycles. The first-order chi connectivity index (χ1) is 8.42. The lowest BCUT2D eigenvalue weighted by atomic mass is 10.1. The van der Waals surface area contributed by atoms with Crippen LogP contribution in [0.5, 0.6) is 5.75 Å². The van der Waals surface area contributed by atoms with E-state index in [-0.39, 0.29) is 0 Å². The Labute approximate surface area is 112 Å². The van der Waals surface area contributed by atoms with Crippen molar-refractivity contribution in [2.75, 3.05) is 6.61 Å². The van der Waals surface area contributed by atoms with E-state index in [0.29, 0.717) is 18.0 Å². The number of nitrogens with one attached hydrogen (secondary N) is 1. The SMILES string of the molecule is CC(C)(NC(=S)CCOc1ccccc1)C(=O)O. The van der Waals surface area contributed by atoms with Gasteiger partial charge in [-0.2, -0.15) is 0 Å². The number of ether oxygens (including phenoxy) is 1. The minimum absolute atomic E-state index is 0.422. The van der Waals surface area contributed by atoms with E-state index in [1.165, 1.54) is 0 Å². The molecular weight excluding hydrogens is 250 g/mol. The molecule has 0 aliphatic heterocycles. The number of rotatable bonds is 6. The average molecular weight is 267 g/mol. The zero-order chi connectivity index (χ0) is 13.6. The predicted molar refractivity (Wildman–Crippen MR) is 74.0 cm³/mol. The Balaban J connectivity index is 2.32. The van der Waals surface area contributed by atoms with Crippen LogP contribution in [-0.2, 0) is 4.79 Å². The maximum atomic E-state index is 10.9. The van der Waals surface area contributed by atoms with E-state index in [1.807, 2.05) is 30.3 Å². The normalized spacial score (nSPS) is 10.8. The zero-order valence-corrected chi connectivity index (χ0v) is 11.3. The van der Waals surface area contributed by atoms with Crippen LogP contribution >= 0.6 is 12.2 Å². The molecule has 1 aromatic rings. The Kier molecular flexibility index (Phi) is 5.09. The van der Waals surface area contributed by atoms with Crippen molar-refractivity contribution in [3.8, 4) is 5.75 Å². The topological polar surface area (TPSA) is 58.6 Å². The highest BCUT2D eigenvalue weighted by molar-refractivity contribution is 7.80. The summed E-state index contributed by atoms with van der Waals surface area (Å²) < 4.78 is 5.48. The first kappa shape index (κ1) is 14.4. The Morgan fingerprint density at radius 2 is 2.00 bits per heavy atom. The monoisotopic (exact) mass is 267 g/mol. The third-order valence-corrected chi connectivity index (χ3v) is 2.63. The van der Waals surface area contributed by atoms with Crippen LogP contribution in [0.1, 0.15) is 20.3 Å². The number of hydrogen-bond acceptors (Lipinski definition) is 3. The lowest BCUT2D eigenvalue weighted by molar-refractivity contribution is -0.142. The Bertz CT molecular complexity index is 418. The van der Waals surface area contributed by atoms with Crippen molar-refractivity contribution in [1.82, 2.24) is 5.32 Å². The number of para-hydroxylation sites is 1. The van der Waals surface area contributed by atoms with Gasteiger partial charge >= 0.3 is 5.97 Å². The first-order valence-electron chi connectivity index (χ1n) is 5.64. The number of benzene rings is 1. The van der Waals surface area contributed by atoms with Gasteiger partial charge in [-0.05, 0) is 26.0 Å². The molecule has 0 saturated heterocycles. The third kappa shape index (κ3) is 4.71. The summed E-state index contributed by atoms with van der Waals surface area (Å²) in [6.45, 7) is 3.56. The molecule has 1 rings (SSSR count). The molecule has 1 aromatic carbocycles. The van der Waals surface area contributed by atoms with Crippen molar-refractivity contribution < 1.29 is 14.6 Å². The van der Waals surface area contributed by atoms with Gasteiger partial charge in [0, 0.05) is 6.42 Å². The largest absolute Gasteiger partial charge is 0.493 e. The summed E-state index contributed by atoms with van der Waals surface area (Å²) in [4.78, 5) is 11.4. The van der Waals surface area contributed by atoms with Gasteiger partial charge in [0.1, 0.15) is 11.3 Å². The Hall–Kier alpha value is -1.62. The van der Waals surface area contributed by atoms with Crippen molar-refractivity contribution in [2.24, 2.45) is 0 Å². The van der Waals surface area contributed by atoms with Gasteiger partial charge in [-0.15, -0.1) is 0 Å². The molecule has 0 aromatic heterocycles. The highest BCUT2D eigenvalue weighted by atomic mass is 32.1. The summed E-state index contributed by atoms with van der Waals surface area (Å²) >= 11 is 5.08. The Morgan fingerprint density at radius 1 is 1.39 bits per heavy atom. The van der Waals surface area contributed by atoms with E-state index in [0.717, 1.165) is 5.75 Å². The number of carboxylic acids is 1. The van der Waals surface area contributed by atoms with Gasteiger partial charge in [0.25, 0.3) is 0 Å². The smallest absolute Gasteiger partial charge is 0.328 e. The van der Waals surface area contributed by atoms with E-state index >= 15 is 0 Å². The van der Waals surface area contributed by atoms with E-state index < -0.39 is 11.5 Å². The predicted octanol–water partition coefficient (Wildman–Crippen LogP) is 2.24. The quantitative estimate of drug-likeness (QED) is 0.774. The summed E-state index contributed by atoms with van der Waals surface area (Å²) in [6.07, 6.45) is 0.487. The fraction of sp³-hybridized carbons (Fsp3) is 0.385. The molecule has 2 N–H and O–H groups in total. The second kappa shape index (κ2) is 6.35. The fourth-order valence-electron chi connectivity index (χ4n) is 1.24. The maximum absolute atomic E-state index is 10.9. The van der Waals surface area contributed by atoms with Gasteiger partial charge < -0.3 is 15.2 Å². The van der Waals surface area contributed by atoms with Gasteiger partial charge in [-0.3, -0.25) is 0 Å². The Morgan fingerprint density at radius 3 is 2.56 bits per heavy atom. The second-order valence-corrected chi connectivity index (χ2v) is 4.88. The molecule has 0 aliphatic carbocycles. The number of hydrogen-bond donors (Lipinski definition) is 2. The van der Waals surface area contributed by atoms with Gasteiger partial charge in [-0.25, -0.2) is 4.79 Å². The minimum atomic E-state index is -1.05. The van der Waals surface area contributed by atoms with E-state index in [1.54, 1.807) is 13.8 Å². The molecule has 0 unspecified atom stereocenters. The van der Waals surface area contributed by atoms with Crippen LogP contribution in [0.15, 0.2) is 30.3 Å². The van der Waals surface area contributed by atoms with E-state index in [2.05, 4.69) is 5.32 Å². The molecule has 0 fully saturated rings. The van der Waals surface area contributed by atoms with Crippen LogP contribution in [0.25, 0.3) is 0 Å². The van der Waals surface area contributed by atoms with Crippen LogP contribution in [0, 0.1) is 0 Å². The van der Waals surface area contributed by atoms with Gasteiger partial charge in [-0.1, -0.05) is 30.4 Å². The number of thiocarbonyl (C=S) groups is 1. The molecule has 4 nitrogen and oxygen atoms in total. The van der Waals surface area contributed by atoms with Gasteiger partial charge in [0.05, 0.1) is 11.6 Å². The fourth-order valence-corrected chi connectivity index (χ4v) is 1.58. The molecule has 0 bridgehead atoms. The first-order valence-corrected chi connectivity index (χ1v) is 6.05. The van der Waals surface area contributed by atoms with Crippen molar-refractivity contribution in [2.45, 2.75) is 25.8 Å². The van der Waals surface area contributed by atoms with Crippen molar-refractivity contribution in [3.63, 3.8) is 0 Å². The molecule has 5 heteroatoms. The highest BCUT2D eigenvalue weighted by Crippen LogP contribution is 2.09. The molecule has 0 aliphatic rings. The lowest BCUT2D eigenvalue weighted by Gasteiger charge is -2.22. The minimum Gasteiger partial charge on any atom is -0.493 e. The van der Waals surface area contributed by atoms with Crippen molar-refractivity contribution in [1.29, 1.82) is 0 Å². The van der Waals surface area contributed by atoms with Crippen molar-refractivity contribution in [3.05, 3.63) is 30.3 Å². The standard InChI is InChI=1S/C13H17NO3S/c1-13(2,12(15)16)14-11(18)8-9-17-10-6-4-3-5-7-10/h3-7H,8-9H2,1-2H3,(H,14,18)(H,15,16). The highest BCUT2D eigenvalue weighted by Gasteiger charge is 2.27. The van der Waals surface area contributed by atoms with Crippen LogP contribution in [0.4, 0.5) is 0 Å². The summed E-state index contributed by atoms with van der Waals surface area (Å²) in [5.41, 5.74) is -1.05. The summed E-state index contributed by atoms with van der Waals surface area (Å²) in [5.74, 6) is -0.161. The number of aliphatic carboxylic acids is 1. The molecule has 0 amide bonds. The average Bonchev–Trinajstić information content (AvgIpc) is 2.29. The molecule has 0 spiro atoms. The van der Waals surface area contributed by atoms with Crippen molar-refractivity contribution >= 4 is 23.2 Å². The van der Waals surface area contributed by atoms with Gasteiger partial charge in [0.2, 0.25) is 0 Å². The summed E-state index contributed by atoms with van der Waals surface area (Å²) in [5, 5.41) is 11.7. The van der Waals surface area contributed by atoms with Crippen LogP contribution < -0.4 is 10.1 Å². The number of carboxylic acid groups (broad SMARTS) is 1. The molecule has 18 heavy (non-hydrogen) atoms. The molecule has 0 heterocycles. The third-order valence-electron chi connectivity index (χ3n) is 2.33. The molecular formula is C13H17NO3S. The summed E-state index contributed by atoms with van der Waals surface area (Å²) in [7, 11) is 0. The second-order valence-electron chi connectivity index (χ2n) is 4.39.